The van der Waals surface area contributed by atoms with Crippen LogP contribution in [0.5, 0.6) is 0 Å². The Morgan fingerprint density at radius 3 is 2.60 bits per heavy atom. The molecule has 1 aliphatic rings. The van der Waals surface area contributed by atoms with Crippen molar-refractivity contribution in [1.82, 2.24) is 14.5 Å². The van der Waals surface area contributed by atoms with E-state index in [4.69, 9.17) is 4.74 Å². The largest absolute Gasteiger partial charge is 0.444 e. The van der Waals surface area contributed by atoms with Crippen LogP contribution in [0.25, 0.3) is 0 Å². The van der Waals surface area contributed by atoms with Gasteiger partial charge in [-0.05, 0) is 27.7 Å². The van der Waals surface area contributed by atoms with Crippen molar-refractivity contribution >= 4 is 6.09 Å². The Morgan fingerprint density at radius 1 is 1.35 bits per heavy atom. The van der Waals surface area contributed by atoms with Crippen LogP contribution in [0.1, 0.15) is 39.4 Å². The predicted molar refractivity (Wildman–Crippen MR) is 72.7 cm³/mol. The molecule has 0 radical (unpaired) electrons. The topological polar surface area (TPSA) is 84.4 Å². The molecule has 0 aliphatic carbocycles. The summed E-state index contributed by atoms with van der Waals surface area (Å²) in [6.45, 7) is 7.87. The summed E-state index contributed by atoms with van der Waals surface area (Å²) in [5, 5.41) is 0. The van der Waals surface area contributed by atoms with E-state index in [9.17, 15) is 14.4 Å². The molecule has 0 spiro atoms. The third-order valence-corrected chi connectivity index (χ3v) is 3.15. The summed E-state index contributed by atoms with van der Waals surface area (Å²) in [7, 11) is 0. The fourth-order valence-corrected chi connectivity index (χ4v) is 2.25. The molecule has 1 aromatic rings. The normalized spacial score (nSPS) is 18.6. The number of amides is 1. The van der Waals surface area contributed by atoms with Crippen LogP contribution in [0, 0.1) is 0 Å². The minimum Gasteiger partial charge on any atom is -0.444 e. The van der Waals surface area contributed by atoms with Gasteiger partial charge < -0.3 is 4.74 Å². The van der Waals surface area contributed by atoms with Crippen molar-refractivity contribution < 1.29 is 9.53 Å². The van der Waals surface area contributed by atoms with E-state index >= 15 is 0 Å². The van der Waals surface area contributed by atoms with Crippen molar-refractivity contribution in [2.75, 3.05) is 6.54 Å². The van der Waals surface area contributed by atoms with Gasteiger partial charge in [-0.2, -0.15) is 0 Å². The lowest BCUT2D eigenvalue weighted by Gasteiger charge is -2.36. The van der Waals surface area contributed by atoms with Gasteiger partial charge in [0.2, 0.25) is 0 Å². The van der Waals surface area contributed by atoms with Crippen molar-refractivity contribution in [1.29, 1.82) is 0 Å². The van der Waals surface area contributed by atoms with E-state index in [0.29, 0.717) is 18.8 Å². The Bertz CT molecular complexity index is 638. The Kier molecular flexibility index (Phi) is 3.45. The van der Waals surface area contributed by atoms with Crippen LogP contribution in [-0.4, -0.2) is 32.7 Å². The number of rotatable bonds is 0. The molecule has 110 valence electrons. The van der Waals surface area contributed by atoms with Gasteiger partial charge >= 0.3 is 11.8 Å². The van der Waals surface area contributed by atoms with E-state index in [0.717, 1.165) is 0 Å². The van der Waals surface area contributed by atoms with Crippen LogP contribution in [0.2, 0.25) is 0 Å². The van der Waals surface area contributed by atoms with E-state index in [1.807, 2.05) is 0 Å². The SMILES string of the molecule is CC1c2cc(=O)[nH]c(=O)n2CCN1C(=O)OC(C)(C)C. The van der Waals surface area contributed by atoms with Gasteiger partial charge in [0.25, 0.3) is 5.56 Å². The minimum absolute atomic E-state index is 0.342. The summed E-state index contributed by atoms with van der Waals surface area (Å²) >= 11 is 0. The molecule has 0 fully saturated rings. The number of aromatic amines is 1. The second kappa shape index (κ2) is 4.81. The summed E-state index contributed by atoms with van der Waals surface area (Å²) in [5.41, 5.74) is -0.958. The number of nitrogens with zero attached hydrogens (tertiary/aromatic N) is 2. The zero-order valence-corrected chi connectivity index (χ0v) is 12.1. The van der Waals surface area contributed by atoms with Gasteiger partial charge in [0, 0.05) is 19.2 Å². The van der Waals surface area contributed by atoms with E-state index in [-0.39, 0.29) is 6.04 Å². The standard InChI is InChI=1S/C13H19N3O4/c1-8-9-7-10(17)14-11(18)16(9)6-5-15(8)12(19)20-13(2,3)4/h7-8H,5-6H2,1-4H3,(H,14,17,18). The third-order valence-electron chi connectivity index (χ3n) is 3.15. The Labute approximate surface area is 116 Å². The molecule has 1 atom stereocenters. The molecule has 1 amide bonds. The highest BCUT2D eigenvalue weighted by Gasteiger charge is 2.31. The number of nitrogens with one attached hydrogen (secondary N) is 1. The average molecular weight is 281 g/mol. The number of fused-ring (bicyclic) bond motifs is 1. The summed E-state index contributed by atoms with van der Waals surface area (Å²) in [6, 6.07) is 0.969. The molecule has 2 rings (SSSR count). The Morgan fingerprint density at radius 2 is 2.00 bits per heavy atom. The predicted octanol–water partition coefficient (Wildman–Crippen LogP) is 0.848. The number of ether oxygens (including phenoxy) is 1. The zero-order valence-electron chi connectivity index (χ0n) is 12.1. The maximum atomic E-state index is 12.1. The first-order valence-electron chi connectivity index (χ1n) is 6.53. The molecule has 0 saturated carbocycles. The monoisotopic (exact) mass is 281 g/mol. The lowest BCUT2D eigenvalue weighted by atomic mass is 10.1. The van der Waals surface area contributed by atoms with Gasteiger partial charge in [-0.15, -0.1) is 0 Å². The molecule has 0 bridgehead atoms. The van der Waals surface area contributed by atoms with Crippen molar-refractivity contribution in [3.63, 3.8) is 0 Å². The second-order valence-electron chi connectivity index (χ2n) is 5.86. The maximum Gasteiger partial charge on any atom is 0.410 e. The highest BCUT2D eigenvalue weighted by molar-refractivity contribution is 5.68. The molecule has 1 N–H and O–H groups in total. The average Bonchev–Trinajstić information content (AvgIpc) is 2.28. The number of carbonyl (C=O) groups excluding carboxylic acids is 1. The van der Waals surface area contributed by atoms with Crippen LogP contribution in [-0.2, 0) is 11.3 Å². The molecule has 1 aliphatic heterocycles. The maximum absolute atomic E-state index is 12.1. The fraction of sp³-hybridized carbons (Fsp3) is 0.615. The summed E-state index contributed by atoms with van der Waals surface area (Å²) < 4.78 is 6.82. The quantitative estimate of drug-likeness (QED) is 0.764. The molecule has 7 heteroatoms. The molecule has 0 saturated heterocycles. The van der Waals surface area contributed by atoms with Gasteiger partial charge in [0.1, 0.15) is 5.60 Å². The van der Waals surface area contributed by atoms with Crippen molar-refractivity contribution in [3.05, 3.63) is 32.6 Å². The van der Waals surface area contributed by atoms with Crippen LogP contribution >= 0.6 is 0 Å². The van der Waals surface area contributed by atoms with Crippen LogP contribution in [0.4, 0.5) is 4.79 Å². The van der Waals surface area contributed by atoms with Crippen molar-refractivity contribution in [2.24, 2.45) is 0 Å². The first-order chi connectivity index (χ1) is 9.19. The molecule has 1 aromatic heterocycles. The minimum atomic E-state index is -0.581. The molecule has 0 aromatic carbocycles. The zero-order chi connectivity index (χ0) is 15.1. The fourth-order valence-electron chi connectivity index (χ4n) is 2.25. The number of hydrogen-bond donors (Lipinski definition) is 1. The molecular weight excluding hydrogens is 262 g/mol. The number of hydrogen-bond acceptors (Lipinski definition) is 4. The van der Waals surface area contributed by atoms with Crippen molar-refractivity contribution in [3.8, 4) is 0 Å². The molecule has 2 heterocycles. The van der Waals surface area contributed by atoms with Gasteiger partial charge in [0.15, 0.2) is 0 Å². The summed E-state index contributed by atoms with van der Waals surface area (Å²) in [5.74, 6) is 0. The van der Waals surface area contributed by atoms with Gasteiger partial charge in [-0.1, -0.05) is 0 Å². The highest BCUT2D eigenvalue weighted by Crippen LogP contribution is 2.24. The number of carbonyl (C=O) groups is 1. The molecular formula is C13H19N3O4. The lowest BCUT2D eigenvalue weighted by Crippen LogP contribution is -2.47. The van der Waals surface area contributed by atoms with Crippen LogP contribution in [0.3, 0.4) is 0 Å². The number of H-pyrrole nitrogens is 1. The Hall–Kier alpha value is -2.05. The van der Waals surface area contributed by atoms with Gasteiger partial charge in [0.05, 0.1) is 11.7 Å². The first kappa shape index (κ1) is 14.4. The van der Waals surface area contributed by atoms with E-state index in [2.05, 4.69) is 4.98 Å². The summed E-state index contributed by atoms with van der Waals surface area (Å²) in [6.07, 6.45) is -0.441. The number of aromatic nitrogens is 2. The Balaban J connectivity index is 2.32. The van der Waals surface area contributed by atoms with Crippen molar-refractivity contribution in [2.45, 2.75) is 45.9 Å². The smallest absolute Gasteiger partial charge is 0.410 e. The van der Waals surface area contributed by atoms with Crippen LogP contribution < -0.4 is 11.2 Å². The summed E-state index contributed by atoms with van der Waals surface area (Å²) in [4.78, 5) is 39.0. The van der Waals surface area contributed by atoms with E-state index < -0.39 is 22.9 Å². The lowest BCUT2D eigenvalue weighted by molar-refractivity contribution is 0.0122. The first-order valence-corrected chi connectivity index (χ1v) is 6.53. The van der Waals surface area contributed by atoms with E-state index in [1.54, 1.807) is 27.7 Å². The third kappa shape index (κ3) is 2.76. The van der Waals surface area contributed by atoms with Gasteiger partial charge in [-0.25, -0.2) is 9.59 Å². The van der Waals surface area contributed by atoms with Crippen LogP contribution in [0.15, 0.2) is 15.7 Å². The molecule has 7 nitrogen and oxygen atoms in total. The van der Waals surface area contributed by atoms with E-state index in [1.165, 1.54) is 15.5 Å². The highest BCUT2D eigenvalue weighted by atomic mass is 16.6. The van der Waals surface area contributed by atoms with Gasteiger partial charge in [-0.3, -0.25) is 19.2 Å². The second-order valence-corrected chi connectivity index (χ2v) is 5.86. The molecule has 20 heavy (non-hydrogen) atoms. The molecule has 1 unspecified atom stereocenters.